The summed E-state index contributed by atoms with van der Waals surface area (Å²) in [5.41, 5.74) is 0.891. The van der Waals surface area contributed by atoms with Crippen LogP contribution in [0.4, 0.5) is 0 Å². The highest BCUT2D eigenvalue weighted by molar-refractivity contribution is 9.10. The number of halogens is 2. The first kappa shape index (κ1) is 14.4. The Morgan fingerprint density at radius 2 is 2.40 bits per heavy atom. The summed E-state index contributed by atoms with van der Waals surface area (Å²) < 4.78 is 6.16. The summed E-state index contributed by atoms with van der Waals surface area (Å²) in [6.45, 7) is 1.04. The second-order valence-electron chi connectivity index (χ2n) is 4.57. The van der Waals surface area contributed by atoms with E-state index in [0.29, 0.717) is 22.8 Å². The number of aromatic nitrogens is 2. The van der Waals surface area contributed by atoms with Crippen LogP contribution in [-0.4, -0.2) is 34.2 Å². The Morgan fingerprint density at radius 1 is 1.50 bits per heavy atom. The van der Waals surface area contributed by atoms with Crippen molar-refractivity contribution in [2.45, 2.75) is 12.5 Å². The van der Waals surface area contributed by atoms with Crippen molar-refractivity contribution >= 4 is 39.3 Å². The first-order chi connectivity index (χ1) is 9.72. The standard InChI is InChI=1S/C13H13BrClN3OS/c14-10-5-8(1-2-11(10)15)13-17-12(19-18-13)6-9-7-20-4-3-16-9/h1-2,5,9,16H,3-4,6-7H2. The zero-order valence-electron chi connectivity index (χ0n) is 10.6. The van der Waals surface area contributed by atoms with Crippen LogP contribution in [0, 0.1) is 0 Å². The average Bonchev–Trinajstić information content (AvgIpc) is 2.91. The number of nitrogens with zero attached hydrogens (tertiary/aromatic N) is 2. The zero-order chi connectivity index (χ0) is 13.9. The molecule has 1 N–H and O–H groups in total. The average molecular weight is 375 g/mol. The van der Waals surface area contributed by atoms with Gasteiger partial charge in [0.25, 0.3) is 0 Å². The highest BCUT2D eigenvalue weighted by Gasteiger charge is 2.17. The maximum Gasteiger partial charge on any atom is 0.228 e. The van der Waals surface area contributed by atoms with E-state index in [1.165, 1.54) is 5.75 Å². The minimum absolute atomic E-state index is 0.416. The van der Waals surface area contributed by atoms with Gasteiger partial charge in [-0.1, -0.05) is 16.8 Å². The molecule has 1 atom stereocenters. The normalized spacial score (nSPS) is 19.2. The van der Waals surface area contributed by atoms with Crippen LogP contribution in [0.5, 0.6) is 0 Å². The van der Waals surface area contributed by atoms with E-state index in [0.717, 1.165) is 28.8 Å². The van der Waals surface area contributed by atoms with Gasteiger partial charge in [0, 0.05) is 40.5 Å². The van der Waals surface area contributed by atoms with E-state index in [1.807, 2.05) is 30.0 Å². The summed E-state index contributed by atoms with van der Waals surface area (Å²) in [5, 5.41) is 8.17. The van der Waals surface area contributed by atoms with Crippen molar-refractivity contribution in [2.24, 2.45) is 0 Å². The van der Waals surface area contributed by atoms with Gasteiger partial charge in [0.15, 0.2) is 0 Å². The predicted molar refractivity (Wildman–Crippen MR) is 85.3 cm³/mol. The summed E-state index contributed by atoms with van der Waals surface area (Å²) in [5.74, 6) is 3.53. The van der Waals surface area contributed by atoms with Gasteiger partial charge in [-0.2, -0.15) is 16.7 Å². The van der Waals surface area contributed by atoms with Crippen molar-refractivity contribution in [1.82, 2.24) is 15.5 Å². The molecule has 2 heterocycles. The van der Waals surface area contributed by atoms with Gasteiger partial charge in [0.05, 0.1) is 5.02 Å². The third-order valence-electron chi connectivity index (χ3n) is 3.07. The van der Waals surface area contributed by atoms with Gasteiger partial charge < -0.3 is 9.84 Å². The number of benzene rings is 1. The highest BCUT2D eigenvalue weighted by atomic mass is 79.9. The third kappa shape index (κ3) is 3.36. The lowest BCUT2D eigenvalue weighted by molar-refractivity contribution is 0.363. The Kier molecular flexibility index (Phi) is 4.65. The van der Waals surface area contributed by atoms with Crippen LogP contribution in [-0.2, 0) is 6.42 Å². The monoisotopic (exact) mass is 373 g/mol. The lowest BCUT2D eigenvalue weighted by Crippen LogP contribution is -2.38. The van der Waals surface area contributed by atoms with Crippen LogP contribution in [0.1, 0.15) is 5.89 Å². The van der Waals surface area contributed by atoms with Gasteiger partial charge in [-0.25, -0.2) is 0 Å². The second-order valence-corrected chi connectivity index (χ2v) is 6.98. The Balaban J connectivity index is 1.73. The molecule has 1 unspecified atom stereocenters. The summed E-state index contributed by atoms with van der Waals surface area (Å²) in [4.78, 5) is 4.45. The Morgan fingerprint density at radius 3 is 3.15 bits per heavy atom. The number of hydrogen-bond acceptors (Lipinski definition) is 5. The van der Waals surface area contributed by atoms with Crippen LogP contribution in [0.2, 0.25) is 5.02 Å². The Labute approximate surface area is 134 Å². The van der Waals surface area contributed by atoms with Crippen LogP contribution >= 0.6 is 39.3 Å². The van der Waals surface area contributed by atoms with Crippen LogP contribution in [0.3, 0.4) is 0 Å². The molecule has 0 bridgehead atoms. The molecular weight excluding hydrogens is 362 g/mol. The highest BCUT2D eigenvalue weighted by Crippen LogP contribution is 2.27. The Hall–Kier alpha value is -0.560. The van der Waals surface area contributed by atoms with Gasteiger partial charge in [0.1, 0.15) is 0 Å². The van der Waals surface area contributed by atoms with Gasteiger partial charge in [0.2, 0.25) is 11.7 Å². The van der Waals surface area contributed by atoms with E-state index in [-0.39, 0.29) is 0 Å². The molecule has 2 aromatic rings. The van der Waals surface area contributed by atoms with Gasteiger partial charge in [-0.3, -0.25) is 0 Å². The molecule has 0 saturated carbocycles. The quantitative estimate of drug-likeness (QED) is 0.892. The zero-order valence-corrected chi connectivity index (χ0v) is 13.8. The van der Waals surface area contributed by atoms with Crippen molar-refractivity contribution < 1.29 is 4.52 Å². The predicted octanol–water partition coefficient (Wildman–Crippen LogP) is 3.40. The van der Waals surface area contributed by atoms with E-state index in [9.17, 15) is 0 Å². The lowest BCUT2D eigenvalue weighted by atomic mass is 10.2. The molecule has 0 radical (unpaired) electrons. The van der Waals surface area contributed by atoms with Crippen molar-refractivity contribution in [3.05, 3.63) is 33.6 Å². The fourth-order valence-electron chi connectivity index (χ4n) is 2.05. The van der Waals surface area contributed by atoms with Crippen LogP contribution in [0.15, 0.2) is 27.2 Å². The number of thioether (sulfide) groups is 1. The number of nitrogens with one attached hydrogen (secondary N) is 1. The van der Waals surface area contributed by atoms with Gasteiger partial charge in [-0.15, -0.1) is 0 Å². The SMILES string of the molecule is Clc1ccc(-c2noc(CC3CSCCN3)n2)cc1Br. The van der Waals surface area contributed by atoms with E-state index < -0.39 is 0 Å². The van der Waals surface area contributed by atoms with Gasteiger partial charge >= 0.3 is 0 Å². The summed E-state index contributed by atoms with van der Waals surface area (Å²) in [7, 11) is 0. The first-order valence-corrected chi connectivity index (χ1v) is 8.64. The molecule has 106 valence electrons. The molecule has 0 amide bonds. The minimum Gasteiger partial charge on any atom is -0.339 e. The molecule has 1 fully saturated rings. The van der Waals surface area contributed by atoms with E-state index in [4.69, 9.17) is 16.1 Å². The molecule has 1 aliphatic heterocycles. The summed E-state index contributed by atoms with van der Waals surface area (Å²) >= 11 is 11.3. The van der Waals surface area contributed by atoms with Crippen LogP contribution in [0.25, 0.3) is 11.4 Å². The van der Waals surface area contributed by atoms with Crippen molar-refractivity contribution in [1.29, 1.82) is 0 Å². The van der Waals surface area contributed by atoms with E-state index in [2.05, 4.69) is 31.4 Å². The van der Waals surface area contributed by atoms with Gasteiger partial charge in [-0.05, 0) is 34.1 Å². The molecule has 0 spiro atoms. The Bertz CT molecular complexity index is 601. The summed E-state index contributed by atoms with van der Waals surface area (Å²) in [6.07, 6.45) is 0.773. The van der Waals surface area contributed by atoms with Crippen LogP contribution < -0.4 is 5.32 Å². The van der Waals surface area contributed by atoms with E-state index >= 15 is 0 Å². The molecule has 1 aliphatic rings. The fourth-order valence-corrected chi connectivity index (χ4v) is 3.50. The molecule has 7 heteroatoms. The topological polar surface area (TPSA) is 51.0 Å². The second kappa shape index (κ2) is 6.47. The lowest BCUT2D eigenvalue weighted by Gasteiger charge is -2.21. The molecule has 1 aromatic heterocycles. The third-order valence-corrected chi connectivity index (χ3v) is 5.41. The van der Waals surface area contributed by atoms with E-state index in [1.54, 1.807) is 0 Å². The van der Waals surface area contributed by atoms with Crippen molar-refractivity contribution in [3.8, 4) is 11.4 Å². The maximum atomic E-state index is 5.98. The van der Waals surface area contributed by atoms with Crippen molar-refractivity contribution in [2.75, 3.05) is 18.1 Å². The molecule has 20 heavy (non-hydrogen) atoms. The largest absolute Gasteiger partial charge is 0.339 e. The first-order valence-electron chi connectivity index (χ1n) is 6.31. The van der Waals surface area contributed by atoms with Crippen molar-refractivity contribution in [3.63, 3.8) is 0 Å². The summed E-state index contributed by atoms with van der Waals surface area (Å²) in [6, 6.07) is 6.01. The molecule has 0 aliphatic carbocycles. The molecule has 1 saturated heterocycles. The molecule has 4 nitrogen and oxygen atoms in total. The maximum absolute atomic E-state index is 5.98. The molecule has 3 rings (SSSR count). The fraction of sp³-hybridized carbons (Fsp3) is 0.385. The molecule has 1 aromatic carbocycles. The number of rotatable bonds is 3. The molecular formula is C13H13BrClN3OS. The number of hydrogen-bond donors (Lipinski definition) is 1. The smallest absolute Gasteiger partial charge is 0.228 e. The minimum atomic E-state index is 0.416.